The van der Waals surface area contributed by atoms with Crippen LogP contribution >= 0.6 is 0 Å². The highest BCUT2D eigenvalue weighted by Crippen LogP contribution is 2.30. The Kier molecular flexibility index (Phi) is 3.66. The molecular formula is C16H22N2O2. The lowest BCUT2D eigenvalue weighted by Crippen LogP contribution is -2.52. The summed E-state index contributed by atoms with van der Waals surface area (Å²) in [6, 6.07) is 8.13. The molecule has 108 valence electrons. The van der Waals surface area contributed by atoms with Crippen LogP contribution in [-0.2, 0) is 11.2 Å². The SMILES string of the molecule is O=C(NC1(CO)CCCC1)C1CNc2ccccc2C1. The Balaban J connectivity index is 1.67. The number of fused-ring (bicyclic) bond motifs is 1. The van der Waals surface area contributed by atoms with Crippen LogP contribution in [0.4, 0.5) is 5.69 Å². The number of hydrogen-bond donors (Lipinski definition) is 3. The second kappa shape index (κ2) is 5.44. The van der Waals surface area contributed by atoms with Crippen molar-refractivity contribution in [2.24, 2.45) is 5.92 Å². The fourth-order valence-electron chi connectivity index (χ4n) is 3.36. The molecule has 1 saturated carbocycles. The highest BCUT2D eigenvalue weighted by molar-refractivity contribution is 5.81. The molecular weight excluding hydrogens is 252 g/mol. The summed E-state index contributed by atoms with van der Waals surface area (Å²) in [6.07, 6.45) is 4.74. The van der Waals surface area contributed by atoms with Crippen molar-refractivity contribution in [2.75, 3.05) is 18.5 Å². The van der Waals surface area contributed by atoms with E-state index in [9.17, 15) is 9.90 Å². The summed E-state index contributed by atoms with van der Waals surface area (Å²) in [5.41, 5.74) is 1.96. The summed E-state index contributed by atoms with van der Waals surface area (Å²) < 4.78 is 0. The van der Waals surface area contributed by atoms with Gasteiger partial charge in [-0.25, -0.2) is 0 Å². The molecule has 4 heteroatoms. The fraction of sp³-hybridized carbons (Fsp3) is 0.562. The summed E-state index contributed by atoms with van der Waals surface area (Å²) in [6.45, 7) is 0.722. The zero-order chi connectivity index (χ0) is 14.0. The van der Waals surface area contributed by atoms with Gasteiger partial charge in [0.05, 0.1) is 18.1 Å². The van der Waals surface area contributed by atoms with E-state index in [1.54, 1.807) is 0 Å². The number of aliphatic hydroxyl groups excluding tert-OH is 1. The molecule has 1 aliphatic heterocycles. The van der Waals surface area contributed by atoms with Gasteiger partial charge in [-0.3, -0.25) is 4.79 Å². The minimum absolute atomic E-state index is 0.0473. The molecule has 2 aliphatic rings. The van der Waals surface area contributed by atoms with Crippen LogP contribution in [0.1, 0.15) is 31.2 Å². The Hall–Kier alpha value is -1.55. The first kappa shape index (κ1) is 13.4. The van der Waals surface area contributed by atoms with E-state index in [0.717, 1.165) is 37.8 Å². The first-order chi connectivity index (χ1) is 9.72. The second-order valence-corrected chi connectivity index (χ2v) is 6.07. The largest absolute Gasteiger partial charge is 0.394 e. The molecule has 1 aromatic rings. The Bertz CT molecular complexity index is 495. The molecule has 0 aromatic heterocycles. The number of nitrogens with one attached hydrogen (secondary N) is 2. The number of hydrogen-bond acceptors (Lipinski definition) is 3. The van der Waals surface area contributed by atoms with Gasteiger partial charge < -0.3 is 15.7 Å². The number of benzene rings is 1. The number of aliphatic hydroxyl groups is 1. The van der Waals surface area contributed by atoms with Gasteiger partial charge in [0.15, 0.2) is 0 Å². The minimum Gasteiger partial charge on any atom is -0.394 e. The minimum atomic E-state index is -0.367. The molecule has 20 heavy (non-hydrogen) atoms. The van der Waals surface area contributed by atoms with E-state index in [-0.39, 0.29) is 24.0 Å². The van der Waals surface area contributed by atoms with Crippen molar-refractivity contribution >= 4 is 11.6 Å². The number of amides is 1. The molecule has 1 heterocycles. The molecule has 0 saturated heterocycles. The first-order valence-electron chi connectivity index (χ1n) is 7.47. The summed E-state index contributed by atoms with van der Waals surface area (Å²) in [7, 11) is 0. The lowest BCUT2D eigenvalue weighted by molar-refractivity contribution is -0.127. The van der Waals surface area contributed by atoms with Gasteiger partial charge >= 0.3 is 0 Å². The van der Waals surface area contributed by atoms with E-state index in [0.29, 0.717) is 6.54 Å². The van der Waals surface area contributed by atoms with Gasteiger partial charge in [0.2, 0.25) is 5.91 Å². The standard InChI is InChI=1S/C16H22N2O2/c19-11-16(7-3-4-8-16)18-15(20)13-9-12-5-1-2-6-14(12)17-10-13/h1-2,5-6,13,17,19H,3-4,7-11H2,(H,18,20). The number of para-hydroxylation sites is 1. The molecule has 1 atom stereocenters. The fourth-order valence-corrected chi connectivity index (χ4v) is 3.36. The highest BCUT2D eigenvalue weighted by Gasteiger charge is 2.36. The highest BCUT2D eigenvalue weighted by atomic mass is 16.3. The Morgan fingerprint density at radius 1 is 1.35 bits per heavy atom. The molecule has 0 radical (unpaired) electrons. The zero-order valence-corrected chi connectivity index (χ0v) is 11.7. The number of rotatable bonds is 3. The van der Waals surface area contributed by atoms with Crippen molar-refractivity contribution in [3.05, 3.63) is 29.8 Å². The van der Waals surface area contributed by atoms with Crippen LogP contribution in [0.5, 0.6) is 0 Å². The molecule has 1 aliphatic carbocycles. The lowest BCUT2D eigenvalue weighted by atomic mass is 9.91. The third kappa shape index (κ3) is 2.52. The van der Waals surface area contributed by atoms with E-state index in [4.69, 9.17) is 0 Å². The number of carbonyl (C=O) groups excluding carboxylic acids is 1. The third-order valence-electron chi connectivity index (χ3n) is 4.65. The van der Waals surface area contributed by atoms with Crippen LogP contribution in [0.3, 0.4) is 0 Å². The average molecular weight is 274 g/mol. The summed E-state index contributed by atoms with van der Waals surface area (Å²) >= 11 is 0. The molecule has 1 unspecified atom stereocenters. The van der Waals surface area contributed by atoms with Gasteiger partial charge in [-0.2, -0.15) is 0 Å². The van der Waals surface area contributed by atoms with Crippen molar-refractivity contribution in [1.82, 2.24) is 5.32 Å². The van der Waals surface area contributed by atoms with Crippen molar-refractivity contribution in [2.45, 2.75) is 37.6 Å². The van der Waals surface area contributed by atoms with Crippen LogP contribution in [0.2, 0.25) is 0 Å². The van der Waals surface area contributed by atoms with Crippen molar-refractivity contribution in [3.8, 4) is 0 Å². The van der Waals surface area contributed by atoms with Gasteiger partial charge in [-0.15, -0.1) is 0 Å². The topological polar surface area (TPSA) is 61.4 Å². The van der Waals surface area contributed by atoms with E-state index >= 15 is 0 Å². The summed E-state index contributed by atoms with van der Waals surface area (Å²) in [5, 5.41) is 16.0. The lowest BCUT2D eigenvalue weighted by Gasteiger charge is -2.32. The van der Waals surface area contributed by atoms with Gasteiger partial charge in [0.25, 0.3) is 0 Å². The summed E-state index contributed by atoms with van der Waals surface area (Å²) in [4.78, 5) is 12.5. The molecule has 1 fully saturated rings. The predicted molar refractivity (Wildman–Crippen MR) is 78.6 cm³/mol. The van der Waals surface area contributed by atoms with Gasteiger partial charge in [-0.05, 0) is 30.9 Å². The molecule has 3 rings (SSSR count). The molecule has 0 bridgehead atoms. The van der Waals surface area contributed by atoms with Crippen molar-refractivity contribution in [3.63, 3.8) is 0 Å². The van der Waals surface area contributed by atoms with Gasteiger partial charge in [-0.1, -0.05) is 31.0 Å². The summed E-state index contributed by atoms with van der Waals surface area (Å²) in [5.74, 6) is 0.0249. The maximum atomic E-state index is 12.5. The molecule has 0 spiro atoms. The maximum Gasteiger partial charge on any atom is 0.225 e. The van der Waals surface area contributed by atoms with Gasteiger partial charge in [0.1, 0.15) is 0 Å². The van der Waals surface area contributed by atoms with Crippen LogP contribution in [-0.4, -0.2) is 29.7 Å². The third-order valence-corrected chi connectivity index (χ3v) is 4.65. The molecule has 1 aromatic carbocycles. The Morgan fingerprint density at radius 2 is 2.10 bits per heavy atom. The molecule has 4 nitrogen and oxygen atoms in total. The van der Waals surface area contributed by atoms with E-state index in [1.165, 1.54) is 5.56 Å². The first-order valence-corrected chi connectivity index (χ1v) is 7.47. The molecule has 1 amide bonds. The smallest absolute Gasteiger partial charge is 0.225 e. The van der Waals surface area contributed by atoms with Crippen molar-refractivity contribution < 1.29 is 9.90 Å². The van der Waals surface area contributed by atoms with Crippen LogP contribution in [0.25, 0.3) is 0 Å². The van der Waals surface area contributed by atoms with Crippen LogP contribution in [0, 0.1) is 5.92 Å². The zero-order valence-electron chi connectivity index (χ0n) is 11.7. The number of carbonyl (C=O) groups is 1. The van der Waals surface area contributed by atoms with Gasteiger partial charge in [0, 0.05) is 12.2 Å². The monoisotopic (exact) mass is 274 g/mol. The molecule has 3 N–H and O–H groups in total. The normalized spacial score (nSPS) is 23.8. The van der Waals surface area contributed by atoms with E-state index in [2.05, 4.69) is 22.8 Å². The predicted octanol–water partition coefficient (Wildman–Crippen LogP) is 1.69. The number of anilines is 1. The second-order valence-electron chi connectivity index (χ2n) is 6.07. The van der Waals surface area contributed by atoms with Crippen LogP contribution < -0.4 is 10.6 Å². The van der Waals surface area contributed by atoms with Crippen LogP contribution in [0.15, 0.2) is 24.3 Å². The van der Waals surface area contributed by atoms with Crippen molar-refractivity contribution in [1.29, 1.82) is 0 Å². The average Bonchev–Trinajstić information content (AvgIpc) is 2.96. The maximum absolute atomic E-state index is 12.5. The van der Waals surface area contributed by atoms with E-state index < -0.39 is 0 Å². The quantitative estimate of drug-likeness (QED) is 0.786. The van der Waals surface area contributed by atoms with E-state index in [1.807, 2.05) is 12.1 Å². The Morgan fingerprint density at radius 3 is 2.85 bits per heavy atom. The Labute approximate surface area is 119 Å².